The summed E-state index contributed by atoms with van der Waals surface area (Å²) in [5.74, 6) is 0.676. The summed E-state index contributed by atoms with van der Waals surface area (Å²) in [4.78, 5) is 18.4. The minimum atomic E-state index is -0.323. The van der Waals surface area contributed by atoms with Gasteiger partial charge in [0.1, 0.15) is 11.6 Å². The smallest absolute Gasteiger partial charge is 0.176 e. The van der Waals surface area contributed by atoms with Crippen LogP contribution in [0.25, 0.3) is 0 Å². The van der Waals surface area contributed by atoms with E-state index >= 15 is 0 Å². The number of fused-ring (bicyclic) bond motifs is 1. The van der Waals surface area contributed by atoms with Crippen molar-refractivity contribution in [2.45, 2.75) is 13.1 Å². The molecule has 98 valence electrons. The first-order valence-corrected chi connectivity index (χ1v) is 6.23. The van der Waals surface area contributed by atoms with Crippen LogP contribution in [0.2, 0.25) is 0 Å². The average Bonchev–Trinajstić information content (AvgIpc) is 2.87. The fourth-order valence-corrected chi connectivity index (χ4v) is 2.29. The predicted molar refractivity (Wildman–Crippen MR) is 68.2 cm³/mol. The summed E-state index contributed by atoms with van der Waals surface area (Å²) in [5, 5.41) is 0. The van der Waals surface area contributed by atoms with Crippen molar-refractivity contribution in [3.63, 3.8) is 0 Å². The molecule has 4 nitrogen and oxygen atoms in total. The lowest BCUT2D eigenvalue weighted by molar-refractivity contribution is 0.0908. The van der Waals surface area contributed by atoms with Crippen LogP contribution in [-0.4, -0.2) is 33.3 Å². The monoisotopic (exact) mass is 259 g/mol. The molecule has 1 aliphatic heterocycles. The summed E-state index contributed by atoms with van der Waals surface area (Å²) in [6.45, 7) is 2.71. The zero-order valence-corrected chi connectivity index (χ0v) is 10.4. The highest BCUT2D eigenvalue weighted by Crippen LogP contribution is 2.11. The van der Waals surface area contributed by atoms with Crippen molar-refractivity contribution < 1.29 is 9.18 Å². The second-order valence-corrected chi connectivity index (χ2v) is 4.68. The first-order chi connectivity index (χ1) is 9.22. The second kappa shape index (κ2) is 4.93. The maximum absolute atomic E-state index is 12.8. The predicted octanol–water partition coefficient (Wildman–Crippen LogP) is 1.72. The first kappa shape index (κ1) is 12.0. The summed E-state index contributed by atoms with van der Waals surface area (Å²) < 4.78 is 14.9. The van der Waals surface area contributed by atoms with Crippen LogP contribution in [0.4, 0.5) is 4.39 Å². The standard InChI is InChI=1S/C14H14FN3O/c15-12-3-1-11(2-4-12)13(19)9-17-7-8-18-6-5-16-14(18)10-17/h1-6H,7-10H2. The lowest BCUT2D eigenvalue weighted by Gasteiger charge is -2.26. The van der Waals surface area contributed by atoms with E-state index in [0.29, 0.717) is 18.7 Å². The van der Waals surface area contributed by atoms with Crippen molar-refractivity contribution in [3.05, 3.63) is 53.9 Å². The fourth-order valence-electron chi connectivity index (χ4n) is 2.29. The van der Waals surface area contributed by atoms with E-state index in [1.807, 2.05) is 6.20 Å². The molecule has 0 N–H and O–H groups in total. The third-order valence-corrected chi connectivity index (χ3v) is 3.36. The Morgan fingerprint density at radius 2 is 2.05 bits per heavy atom. The van der Waals surface area contributed by atoms with Crippen LogP contribution in [0.1, 0.15) is 16.2 Å². The van der Waals surface area contributed by atoms with Crippen LogP contribution in [0.15, 0.2) is 36.7 Å². The van der Waals surface area contributed by atoms with Crippen LogP contribution in [0.5, 0.6) is 0 Å². The number of imidazole rings is 1. The molecule has 5 heteroatoms. The van der Waals surface area contributed by atoms with Crippen LogP contribution in [0.3, 0.4) is 0 Å². The third kappa shape index (κ3) is 2.56. The first-order valence-electron chi connectivity index (χ1n) is 6.23. The highest BCUT2D eigenvalue weighted by Gasteiger charge is 2.19. The number of benzene rings is 1. The number of aromatic nitrogens is 2. The molecule has 0 radical (unpaired) electrons. The molecular weight excluding hydrogens is 245 g/mol. The Morgan fingerprint density at radius 1 is 1.26 bits per heavy atom. The summed E-state index contributed by atoms with van der Waals surface area (Å²) in [6.07, 6.45) is 3.73. The third-order valence-electron chi connectivity index (χ3n) is 3.36. The van der Waals surface area contributed by atoms with Crippen LogP contribution < -0.4 is 0 Å². The van der Waals surface area contributed by atoms with E-state index in [2.05, 4.69) is 14.5 Å². The Balaban J connectivity index is 1.66. The quantitative estimate of drug-likeness (QED) is 0.788. The minimum Gasteiger partial charge on any atom is -0.333 e. The number of carbonyl (C=O) groups is 1. The number of halogens is 1. The zero-order chi connectivity index (χ0) is 13.2. The summed E-state index contributed by atoms with van der Waals surface area (Å²) in [5.41, 5.74) is 0.551. The molecule has 0 saturated heterocycles. The number of Topliss-reactive ketones (excluding diaryl/α,β-unsaturated/α-hetero) is 1. The summed E-state index contributed by atoms with van der Waals surface area (Å²) >= 11 is 0. The fraction of sp³-hybridized carbons (Fsp3) is 0.286. The van der Waals surface area contributed by atoms with Crippen molar-refractivity contribution in [2.75, 3.05) is 13.1 Å². The lowest BCUT2D eigenvalue weighted by Crippen LogP contribution is -2.37. The number of carbonyl (C=O) groups excluding carboxylic acids is 1. The van der Waals surface area contributed by atoms with Crippen LogP contribution in [0, 0.1) is 5.82 Å². The maximum Gasteiger partial charge on any atom is 0.176 e. The number of hydrogen-bond donors (Lipinski definition) is 0. The Kier molecular flexibility index (Phi) is 3.13. The number of rotatable bonds is 3. The average molecular weight is 259 g/mol. The molecule has 0 aliphatic carbocycles. The van der Waals surface area contributed by atoms with Gasteiger partial charge in [0.25, 0.3) is 0 Å². The van der Waals surface area contributed by atoms with E-state index in [9.17, 15) is 9.18 Å². The van der Waals surface area contributed by atoms with Gasteiger partial charge in [0.05, 0.1) is 13.1 Å². The van der Waals surface area contributed by atoms with Gasteiger partial charge in [-0.25, -0.2) is 9.37 Å². The highest BCUT2D eigenvalue weighted by molar-refractivity contribution is 5.97. The molecule has 0 unspecified atom stereocenters. The Labute approximate surface area is 110 Å². The van der Waals surface area contributed by atoms with Crippen molar-refractivity contribution in [3.8, 4) is 0 Å². The molecular formula is C14H14FN3O. The largest absolute Gasteiger partial charge is 0.333 e. The van der Waals surface area contributed by atoms with Crippen molar-refractivity contribution in [2.24, 2.45) is 0 Å². The molecule has 0 atom stereocenters. The van der Waals surface area contributed by atoms with Crippen LogP contribution in [-0.2, 0) is 13.1 Å². The molecule has 2 heterocycles. The molecule has 0 saturated carbocycles. The normalized spacial score (nSPS) is 15.2. The molecule has 1 aromatic carbocycles. The molecule has 0 fully saturated rings. The van der Waals surface area contributed by atoms with Gasteiger partial charge >= 0.3 is 0 Å². The molecule has 0 amide bonds. The highest BCUT2D eigenvalue weighted by atomic mass is 19.1. The number of hydrogen-bond acceptors (Lipinski definition) is 3. The van der Waals surface area contributed by atoms with Gasteiger partial charge in [-0.2, -0.15) is 0 Å². The topological polar surface area (TPSA) is 38.1 Å². The van der Waals surface area contributed by atoms with E-state index < -0.39 is 0 Å². The number of nitrogens with zero attached hydrogens (tertiary/aromatic N) is 3. The molecule has 0 spiro atoms. The van der Waals surface area contributed by atoms with Crippen LogP contribution >= 0.6 is 0 Å². The van der Waals surface area contributed by atoms with Crippen molar-refractivity contribution >= 4 is 5.78 Å². The summed E-state index contributed by atoms with van der Waals surface area (Å²) in [7, 11) is 0. The molecule has 2 aromatic rings. The second-order valence-electron chi connectivity index (χ2n) is 4.68. The molecule has 3 rings (SSSR count). The van der Waals surface area contributed by atoms with E-state index in [-0.39, 0.29) is 11.6 Å². The van der Waals surface area contributed by atoms with Gasteiger partial charge in [0, 0.05) is 31.0 Å². The Bertz CT molecular complexity index is 591. The van der Waals surface area contributed by atoms with E-state index in [1.54, 1.807) is 6.20 Å². The van der Waals surface area contributed by atoms with Gasteiger partial charge in [-0.05, 0) is 24.3 Å². The molecule has 0 bridgehead atoms. The van der Waals surface area contributed by atoms with Gasteiger partial charge in [0.15, 0.2) is 5.78 Å². The molecule has 1 aliphatic rings. The molecule has 19 heavy (non-hydrogen) atoms. The summed E-state index contributed by atoms with van der Waals surface area (Å²) in [6, 6.07) is 5.69. The van der Waals surface area contributed by atoms with Crippen molar-refractivity contribution in [1.29, 1.82) is 0 Å². The van der Waals surface area contributed by atoms with Gasteiger partial charge in [-0.3, -0.25) is 9.69 Å². The van der Waals surface area contributed by atoms with Gasteiger partial charge < -0.3 is 4.57 Å². The van der Waals surface area contributed by atoms with Gasteiger partial charge in [0.2, 0.25) is 0 Å². The SMILES string of the molecule is O=C(CN1CCn2ccnc2C1)c1ccc(F)cc1. The van der Waals surface area contributed by atoms with Gasteiger partial charge in [-0.15, -0.1) is 0 Å². The Hall–Kier alpha value is -2.01. The zero-order valence-electron chi connectivity index (χ0n) is 10.4. The minimum absolute atomic E-state index is 0.0139. The molecule has 1 aromatic heterocycles. The van der Waals surface area contributed by atoms with E-state index in [1.165, 1.54) is 24.3 Å². The maximum atomic E-state index is 12.8. The lowest BCUT2D eigenvalue weighted by atomic mass is 10.1. The van der Waals surface area contributed by atoms with Gasteiger partial charge in [-0.1, -0.05) is 0 Å². The van der Waals surface area contributed by atoms with E-state index in [0.717, 1.165) is 18.9 Å². The van der Waals surface area contributed by atoms with Crippen molar-refractivity contribution in [1.82, 2.24) is 14.5 Å². The Morgan fingerprint density at radius 3 is 2.84 bits per heavy atom. The number of ketones is 1. The van der Waals surface area contributed by atoms with E-state index in [4.69, 9.17) is 0 Å².